The van der Waals surface area contributed by atoms with Crippen molar-refractivity contribution in [2.75, 3.05) is 5.32 Å². The van der Waals surface area contributed by atoms with E-state index >= 15 is 0 Å². The molecule has 1 aliphatic carbocycles. The Hall–Kier alpha value is -4.71. The lowest BCUT2D eigenvalue weighted by Gasteiger charge is -2.48. The topological polar surface area (TPSA) is 92.7 Å². The largest absolute Gasteiger partial charge is 0.481 e. The molecule has 1 saturated carbocycles. The van der Waals surface area contributed by atoms with Crippen molar-refractivity contribution >= 4 is 23.5 Å². The fourth-order valence-corrected chi connectivity index (χ4v) is 5.85. The van der Waals surface area contributed by atoms with Gasteiger partial charge in [-0.15, -0.1) is 0 Å². The second-order valence-corrected chi connectivity index (χ2v) is 9.81. The Labute approximate surface area is 219 Å². The van der Waals surface area contributed by atoms with Crippen LogP contribution in [0.15, 0.2) is 103 Å². The molecule has 0 spiro atoms. The predicted octanol–water partition coefficient (Wildman–Crippen LogP) is 5.65. The molecule has 0 radical (unpaired) electrons. The van der Waals surface area contributed by atoms with Crippen molar-refractivity contribution < 1.29 is 24.2 Å². The van der Waals surface area contributed by atoms with E-state index in [0.29, 0.717) is 12.2 Å². The van der Waals surface area contributed by atoms with E-state index in [9.17, 15) is 19.5 Å². The molecule has 1 heterocycles. The summed E-state index contributed by atoms with van der Waals surface area (Å²) in [5.41, 5.74) is 5.10. The Balaban J connectivity index is 1.31. The van der Waals surface area contributed by atoms with Gasteiger partial charge in [-0.05, 0) is 46.0 Å². The second kappa shape index (κ2) is 9.63. The molecule has 0 saturated heterocycles. The van der Waals surface area contributed by atoms with Crippen LogP contribution in [-0.2, 0) is 20.8 Å². The quantitative estimate of drug-likeness (QED) is 0.262. The number of benzene rings is 4. The maximum absolute atomic E-state index is 13.7. The van der Waals surface area contributed by atoms with Crippen molar-refractivity contribution in [3.63, 3.8) is 0 Å². The summed E-state index contributed by atoms with van der Waals surface area (Å²) in [6.07, 6.45) is 0.372. The van der Waals surface area contributed by atoms with Gasteiger partial charge in [0.1, 0.15) is 5.75 Å². The van der Waals surface area contributed by atoms with E-state index in [1.165, 1.54) is 0 Å². The van der Waals surface area contributed by atoms with Gasteiger partial charge in [-0.25, -0.2) is 0 Å². The Morgan fingerprint density at radius 2 is 1.37 bits per heavy atom. The number of carboxylic acids is 1. The molecule has 4 aromatic carbocycles. The molecule has 6 nitrogen and oxygen atoms in total. The maximum atomic E-state index is 13.7. The van der Waals surface area contributed by atoms with E-state index in [4.69, 9.17) is 4.74 Å². The minimum atomic E-state index is -0.928. The van der Waals surface area contributed by atoms with Gasteiger partial charge in [0.25, 0.3) is 0 Å². The average Bonchev–Trinajstić information content (AvgIpc) is 3.28. The Morgan fingerprint density at radius 3 is 2.00 bits per heavy atom. The molecule has 2 atom stereocenters. The van der Waals surface area contributed by atoms with Crippen molar-refractivity contribution in [1.29, 1.82) is 0 Å². The monoisotopic (exact) mass is 503 g/mol. The SMILES string of the molecule is O=C1Cc2ccc(-c3cccc(OC(=O)[C@H]4C(c5ccccc5)[C@H](C(=O)O)C4c4ccccc4)c3)cc2N1. The lowest BCUT2D eigenvalue weighted by Crippen LogP contribution is -2.52. The first-order chi connectivity index (χ1) is 18.5. The average molecular weight is 504 g/mol. The Kier molecular flexibility index (Phi) is 6.00. The number of carboxylic acid groups (broad SMARTS) is 1. The van der Waals surface area contributed by atoms with Crippen LogP contribution in [0.2, 0.25) is 0 Å². The Bertz CT molecular complexity index is 1480. The van der Waals surface area contributed by atoms with Crippen LogP contribution in [0.1, 0.15) is 28.5 Å². The molecule has 1 fully saturated rings. The van der Waals surface area contributed by atoms with Crippen LogP contribution in [0, 0.1) is 11.8 Å². The first-order valence-electron chi connectivity index (χ1n) is 12.6. The molecular weight excluding hydrogens is 478 g/mol. The first-order valence-corrected chi connectivity index (χ1v) is 12.6. The van der Waals surface area contributed by atoms with E-state index in [2.05, 4.69) is 5.32 Å². The third-order valence-electron chi connectivity index (χ3n) is 7.59. The van der Waals surface area contributed by atoms with Crippen LogP contribution < -0.4 is 10.1 Å². The zero-order valence-corrected chi connectivity index (χ0v) is 20.4. The van der Waals surface area contributed by atoms with Crippen molar-refractivity contribution in [2.45, 2.75) is 18.3 Å². The number of carbonyl (C=O) groups is 3. The highest BCUT2D eigenvalue weighted by Gasteiger charge is 2.59. The number of amides is 1. The number of esters is 1. The first kappa shape index (κ1) is 23.7. The van der Waals surface area contributed by atoms with Crippen LogP contribution in [-0.4, -0.2) is 23.0 Å². The highest BCUT2D eigenvalue weighted by Crippen LogP contribution is 2.58. The fourth-order valence-electron chi connectivity index (χ4n) is 5.85. The summed E-state index contributed by atoms with van der Waals surface area (Å²) in [5.74, 6) is -3.43. The van der Waals surface area contributed by atoms with E-state index in [1.807, 2.05) is 91.0 Å². The number of carbonyl (C=O) groups excluding carboxylic acids is 2. The lowest BCUT2D eigenvalue weighted by atomic mass is 9.52. The highest BCUT2D eigenvalue weighted by molar-refractivity contribution is 6.00. The minimum absolute atomic E-state index is 0.0269. The van der Waals surface area contributed by atoms with Gasteiger partial charge in [0.15, 0.2) is 0 Å². The Morgan fingerprint density at radius 1 is 0.737 bits per heavy atom. The number of hydrogen-bond donors (Lipinski definition) is 2. The normalized spacial score (nSPS) is 21.6. The molecule has 6 rings (SSSR count). The summed E-state index contributed by atoms with van der Waals surface area (Å²) >= 11 is 0. The van der Waals surface area contributed by atoms with E-state index in [1.54, 1.807) is 12.1 Å². The third-order valence-corrected chi connectivity index (χ3v) is 7.59. The second-order valence-electron chi connectivity index (χ2n) is 9.81. The molecule has 1 amide bonds. The molecule has 4 aromatic rings. The van der Waals surface area contributed by atoms with Gasteiger partial charge in [0, 0.05) is 17.5 Å². The standard InChI is InChI=1S/C32H25NO5/c34-26-18-23-15-14-22(17-25(23)33-26)21-12-7-13-24(16-21)38-32(37)30-27(19-8-3-1-4-9-19)29(31(35)36)28(30)20-10-5-2-6-11-20/h1-17,27-30H,18H2,(H,33,34)(H,35,36)/t27?,28?,29-,30-. The predicted molar refractivity (Wildman–Crippen MR) is 143 cm³/mol. The summed E-state index contributed by atoms with van der Waals surface area (Å²) in [6.45, 7) is 0. The molecule has 2 unspecified atom stereocenters. The molecule has 1 aliphatic heterocycles. The molecule has 0 bridgehead atoms. The van der Waals surface area contributed by atoms with Gasteiger partial charge in [-0.2, -0.15) is 0 Å². The molecule has 6 heteroatoms. The van der Waals surface area contributed by atoms with Crippen LogP contribution in [0.5, 0.6) is 5.75 Å². The van der Waals surface area contributed by atoms with Crippen molar-refractivity contribution in [2.24, 2.45) is 11.8 Å². The summed E-state index contributed by atoms with van der Waals surface area (Å²) in [6, 6.07) is 31.7. The molecule has 38 heavy (non-hydrogen) atoms. The number of hydrogen-bond acceptors (Lipinski definition) is 4. The van der Waals surface area contributed by atoms with Gasteiger partial charge < -0.3 is 15.2 Å². The number of rotatable bonds is 6. The van der Waals surface area contributed by atoms with Gasteiger partial charge >= 0.3 is 11.9 Å². The minimum Gasteiger partial charge on any atom is -0.481 e. The van der Waals surface area contributed by atoms with Gasteiger partial charge in [-0.3, -0.25) is 14.4 Å². The van der Waals surface area contributed by atoms with E-state index < -0.39 is 35.6 Å². The van der Waals surface area contributed by atoms with Gasteiger partial charge in [0.05, 0.1) is 18.3 Å². The molecule has 0 aromatic heterocycles. The molecule has 2 aliphatic rings. The van der Waals surface area contributed by atoms with Crippen LogP contribution in [0.3, 0.4) is 0 Å². The summed E-state index contributed by atoms with van der Waals surface area (Å²) in [5, 5.41) is 13.0. The van der Waals surface area contributed by atoms with Crippen LogP contribution in [0.25, 0.3) is 11.1 Å². The maximum Gasteiger partial charge on any atom is 0.315 e. The fraction of sp³-hybridized carbons (Fsp3) is 0.156. The van der Waals surface area contributed by atoms with Crippen LogP contribution >= 0.6 is 0 Å². The molecular formula is C32H25NO5. The summed E-state index contributed by atoms with van der Waals surface area (Å²) in [7, 11) is 0. The van der Waals surface area contributed by atoms with Crippen molar-refractivity contribution in [3.8, 4) is 16.9 Å². The number of aliphatic carboxylic acids is 1. The van der Waals surface area contributed by atoms with Crippen molar-refractivity contribution in [3.05, 3.63) is 120 Å². The van der Waals surface area contributed by atoms with Crippen molar-refractivity contribution in [1.82, 2.24) is 0 Å². The molecule has 2 N–H and O–H groups in total. The smallest absolute Gasteiger partial charge is 0.315 e. The van der Waals surface area contributed by atoms with E-state index in [0.717, 1.165) is 33.5 Å². The number of anilines is 1. The lowest BCUT2D eigenvalue weighted by molar-refractivity contribution is -0.158. The van der Waals surface area contributed by atoms with Gasteiger partial charge in [-0.1, -0.05) is 84.9 Å². The molecule has 188 valence electrons. The van der Waals surface area contributed by atoms with Crippen LogP contribution in [0.4, 0.5) is 5.69 Å². The number of fused-ring (bicyclic) bond motifs is 1. The van der Waals surface area contributed by atoms with E-state index in [-0.39, 0.29) is 5.91 Å². The number of ether oxygens (including phenoxy) is 1. The van der Waals surface area contributed by atoms with Gasteiger partial charge in [0.2, 0.25) is 5.91 Å². The zero-order valence-electron chi connectivity index (χ0n) is 20.4. The highest BCUT2D eigenvalue weighted by atomic mass is 16.5. The third kappa shape index (κ3) is 4.24. The zero-order chi connectivity index (χ0) is 26.2. The summed E-state index contributed by atoms with van der Waals surface area (Å²) < 4.78 is 5.92. The number of nitrogens with one attached hydrogen (secondary N) is 1. The summed E-state index contributed by atoms with van der Waals surface area (Å²) in [4.78, 5) is 37.8.